The molecule has 3 N–H and O–H groups in total. The van der Waals surface area contributed by atoms with Crippen LogP contribution in [0, 0.1) is 6.92 Å². The molecule has 0 aliphatic carbocycles. The third kappa shape index (κ3) is 3.17. The van der Waals surface area contributed by atoms with Gasteiger partial charge < -0.3 is 14.5 Å². The van der Waals surface area contributed by atoms with Gasteiger partial charge in [-0.25, -0.2) is 10.9 Å². The summed E-state index contributed by atoms with van der Waals surface area (Å²) in [7, 11) is 0. The Labute approximate surface area is 151 Å². The summed E-state index contributed by atoms with van der Waals surface area (Å²) < 4.78 is 5.33. The quantitative estimate of drug-likeness (QED) is 0.769. The number of hydrogen-bond acceptors (Lipinski definition) is 7. The summed E-state index contributed by atoms with van der Waals surface area (Å²) in [6, 6.07) is 6.56. The molecule has 4 rings (SSSR count). The van der Waals surface area contributed by atoms with Crippen molar-refractivity contribution in [2.45, 2.75) is 50.7 Å². The highest BCUT2D eigenvalue weighted by atomic mass is 16.5. The van der Waals surface area contributed by atoms with Gasteiger partial charge in [-0.1, -0.05) is 23.4 Å². The Balaban J connectivity index is 1.49. The highest BCUT2D eigenvalue weighted by Gasteiger charge is 2.39. The van der Waals surface area contributed by atoms with E-state index in [0.717, 1.165) is 24.8 Å². The first-order chi connectivity index (χ1) is 12.6. The molecule has 1 aromatic heterocycles. The lowest BCUT2D eigenvalue weighted by Crippen LogP contribution is -2.48. The third-order valence-corrected chi connectivity index (χ3v) is 5.13. The Bertz CT molecular complexity index is 793. The van der Waals surface area contributed by atoms with Crippen LogP contribution in [0.5, 0.6) is 5.75 Å². The number of phenols is 1. The van der Waals surface area contributed by atoms with Crippen molar-refractivity contribution in [1.29, 1.82) is 0 Å². The van der Waals surface area contributed by atoms with E-state index in [2.05, 4.69) is 21.0 Å². The number of nitrogens with zero attached hydrogens (tertiary/aromatic N) is 3. The van der Waals surface area contributed by atoms with Gasteiger partial charge in [-0.15, -0.1) is 0 Å². The van der Waals surface area contributed by atoms with Crippen molar-refractivity contribution in [2.75, 3.05) is 6.54 Å². The fraction of sp³-hybridized carbons (Fsp3) is 0.500. The van der Waals surface area contributed by atoms with Crippen molar-refractivity contribution in [2.24, 2.45) is 0 Å². The number of carbonyl (C=O) groups is 1. The van der Waals surface area contributed by atoms with Crippen molar-refractivity contribution in [3.8, 4) is 5.75 Å². The van der Waals surface area contributed by atoms with E-state index in [-0.39, 0.29) is 29.8 Å². The molecule has 1 amide bonds. The van der Waals surface area contributed by atoms with E-state index < -0.39 is 0 Å². The Morgan fingerprint density at radius 2 is 2.15 bits per heavy atom. The van der Waals surface area contributed by atoms with Crippen LogP contribution < -0.4 is 10.9 Å². The molecule has 26 heavy (non-hydrogen) atoms. The van der Waals surface area contributed by atoms with Gasteiger partial charge in [0.1, 0.15) is 17.8 Å². The third-order valence-electron chi connectivity index (χ3n) is 5.13. The molecule has 0 saturated carbocycles. The van der Waals surface area contributed by atoms with Crippen LogP contribution in [0.25, 0.3) is 0 Å². The van der Waals surface area contributed by atoms with Crippen molar-refractivity contribution in [3.63, 3.8) is 0 Å². The minimum atomic E-state index is -0.357. The molecule has 3 heterocycles. The van der Waals surface area contributed by atoms with Crippen LogP contribution >= 0.6 is 0 Å². The zero-order chi connectivity index (χ0) is 18.1. The monoisotopic (exact) mass is 357 g/mol. The molecular weight excluding hydrogens is 334 g/mol. The number of nitrogens with one attached hydrogen (secondary N) is 2. The van der Waals surface area contributed by atoms with Gasteiger partial charge in [-0.3, -0.25) is 4.79 Å². The zero-order valence-corrected chi connectivity index (χ0v) is 14.7. The fourth-order valence-corrected chi connectivity index (χ4v) is 3.80. The Kier molecular flexibility index (Phi) is 4.60. The first-order valence-corrected chi connectivity index (χ1v) is 9.03. The Hall–Kier alpha value is -2.45. The number of carbonyl (C=O) groups excluding carboxylic acids is 1. The number of aromatic nitrogens is 2. The molecule has 8 nitrogen and oxygen atoms in total. The number of hydrogen-bond donors (Lipinski definition) is 3. The number of aryl methyl sites for hydroxylation is 1. The lowest BCUT2D eigenvalue weighted by Gasteiger charge is -2.35. The van der Waals surface area contributed by atoms with Crippen LogP contribution in [0.1, 0.15) is 55.0 Å². The number of hydrazine groups is 1. The predicted molar refractivity (Wildman–Crippen MR) is 92.9 cm³/mol. The normalized spacial score (nSPS) is 26.2. The molecule has 1 aromatic carbocycles. The van der Waals surface area contributed by atoms with E-state index in [4.69, 9.17) is 4.52 Å². The second-order valence-corrected chi connectivity index (χ2v) is 6.91. The number of rotatable bonds is 3. The molecule has 0 bridgehead atoms. The summed E-state index contributed by atoms with van der Waals surface area (Å²) in [6.45, 7) is 2.46. The van der Waals surface area contributed by atoms with Gasteiger partial charge >= 0.3 is 0 Å². The number of benzene rings is 1. The first-order valence-electron chi connectivity index (χ1n) is 9.03. The zero-order valence-electron chi connectivity index (χ0n) is 14.7. The van der Waals surface area contributed by atoms with Crippen LogP contribution in [0.3, 0.4) is 0 Å². The molecule has 8 heteroatoms. The van der Waals surface area contributed by atoms with Crippen LogP contribution in [0.4, 0.5) is 0 Å². The van der Waals surface area contributed by atoms with E-state index in [0.29, 0.717) is 24.7 Å². The number of likely N-dealkylation sites (tertiary alicyclic amines) is 1. The minimum Gasteiger partial charge on any atom is -0.508 e. The highest BCUT2D eigenvalue weighted by Crippen LogP contribution is 2.33. The molecule has 2 fully saturated rings. The Morgan fingerprint density at radius 1 is 1.31 bits per heavy atom. The predicted octanol–water partition coefficient (Wildman–Crippen LogP) is 1.75. The molecule has 0 radical (unpaired) electrons. The molecular formula is C18H23N5O3. The second kappa shape index (κ2) is 7.05. The summed E-state index contributed by atoms with van der Waals surface area (Å²) in [4.78, 5) is 19.3. The molecule has 3 atom stereocenters. The lowest BCUT2D eigenvalue weighted by atomic mass is 9.97. The summed E-state index contributed by atoms with van der Waals surface area (Å²) in [5, 5.41) is 13.9. The van der Waals surface area contributed by atoms with Crippen molar-refractivity contribution >= 4 is 5.91 Å². The van der Waals surface area contributed by atoms with Gasteiger partial charge in [0.25, 0.3) is 0 Å². The van der Waals surface area contributed by atoms with Gasteiger partial charge in [-0.2, -0.15) is 4.98 Å². The molecule has 0 spiro atoms. The molecule has 2 saturated heterocycles. The maximum Gasteiger partial charge on any atom is 0.249 e. The van der Waals surface area contributed by atoms with Crippen LogP contribution in [0.2, 0.25) is 0 Å². The summed E-state index contributed by atoms with van der Waals surface area (Å²) in [5.41, 5.74) is 7.01. The SMILES string of the molecule is Cc1noc(C2CCCCN2C(=O)C2CC(c3ccccc3O)NN2)n1. The average molecular weight is 357 g/mol. The van der Waals surface area contributed by atoms with Crippen molar-refractivity contribution in [1.82, 2.24) is 25.9 Å². The first kappa shape index (κ1) is 17.0. The molecule has 2 aromatic rings. The topological polar surface area (TPSA) is 104 Å². The maximum absolute atomic E-state index is 13.1. The summed E-state index contributed by atoms with van der Waals surface area (Å²) >= 11 is 0. The van der Waals surface area contributed by atoms with Crippen molar-refractivity contribution < 1.29 is 14.4 Å². The maximum atomic E-state index is 13.1. The van der Waals surface area contributed by atoms with E-state index in [9.17, 15) is 9.90 Å². The highest BCUT2D eigenvalue weighted by molar-refractivity contribution is 5.82. The standard InChI is InChI=1S/C18H23N5O3/c1-11-19-17(26-22-11)15-7-4-5-9-23(15)18(25)14-10-13(20-21-14)12-6-2-3-8-16(12)24/h2-3,6,8,13-15,20-21,24H,4-5,7,9-10H2,1H3. The van der Waals surface area contributed by atoms with E-state index in [1.54, 1.807) is 19.1 Å². The number of phenolic OH excluding ortho intramolecular Hbond substituents is 1. The van der Waals surface area contributed by atoms with Gasteiger partial charge in [-0.05, 0) is 38.7 Å². The smallest absolute Gasteiger partial charge is 0.249 e. The fourth-order valence-electron chi connectivity index (χ4n) is 3.80. The van der Waals surface area contributed by atoms with Gasteiger partial charge in [0.15, 0.2) is 5.82 Å². The summed E-state index contributed by atoms with van der Waals surface area (Å²) in [5.74, 6) is 1.35. The van der Waals surface area contributed by atoms with Gasteiger partial charge in [0.2, 0.25) is 11.8 Å². The molecule has 2 aliphatic heterocycles. The molecule has 3 unspecified atom stereocenters. The average Bonchev–Trinajstić information content (AvgIpc) is 3.31. The largest absolute Gasteiger partial charge is 0.508 e. The molecule has 138 valence electrons. The Morgan fingerprint density at radius 3 is 2.92 bits per heavy atom. The second-order valence-electron chi connectivity index (χ2n) is 6.91. The summed E-state index contributed by atoms with van der Waals surface area (Å²) in [6.07, 6.45) is 3.41. The number of aromatic hydroxyl groups is 1. The van der Waals surface area contributed by atoms with Crippen LogP contribution in [-0.2, 0) is 4.79 Å². The number of para-hydroxylation sites is 1. The number of amides is 1. The van der Waals surface area contributed by atoms with E-state index in [1.165, 1.54) is 0 Å². The van der Waals surface area contributed by atoms with Crippen LogP contribution in [0.15, 0.2) is 28.8 Å². The minimum absolute atomic E-state index is 0.0240. The van der Waals surface area contributed by atoms with Crippen molar-refractivity contribution in [3.05, 3.63) is 41.5 Å². The van der Waals surface area contributed by atoms with E-state index >= 15 is 0 Å². The van der Waals surface area contributed by atoms with E-state index in [1.807, 2.05) is 17.0 Å². The van der Waals surface area contributed by atoms with Gasteiger partial charge in [0.05, 0.1) is 6.04 Å². The lowest BCUT2D eigenvalue weighted by molar-refractivity contribution is -0.137. The van der Waals surface area contributed by atoms with Gasteiger partial charge in [0, 0.05) is 12.1 Å². The molecule has 2 aliphatic rings. The number of piperidine rings is 1. The van der Waals surface area contributed by atoms with Crippen LogP contribution in [-0.4, -0.2) is 38.6 Å².